The molecule has 20 atom stereocenters. The van der Waals surface area contributed by atoms with Crippen LogP contribution in [0.15, 0.2) is 0 Å². The van der Waals surface area contributed by atoms with E-state index in [1.807, 2.05) is 0 Å². The number of aliphatic hydroxyl groups is 13. The van der Waals surface area contributed by atoms with Gasteiger partial charge in [-0.1, -0.05) is 0 Å². The van der Waals surface area contributed by atoms with Gasteiger partial charge in [-0.3, -0.25) is 4.79 Å². The second-order valence-corrected chi connectivity index (χ2v) is 12.2. The third-order valence-corrected chi connectivity index (χ3v) is 8.91. The Hall–Kier alpha value is -1.33. The number of carbonyl (C=O) groups is 1. The second-order valence-electron chi connectivity index (χ2n) is 12.2. The van der Waals surface area contributed by atoms with Gasteiger partial charge in [0.1, 0.15) is 104 Å². The van der Waals surface area contributed by atoms with Gasteiger partial charge in [-0.05, 0) is 0 Å². The van der Waals surface area contributed by atoms with Gasteiger partial charge in [-0.2, -0.15) is 0 Å². The second kappa shape index (κ2) is 17.5. The average molecular weight is 722 g/mol. The molecule has 0 spiro atoms. The highest BCUT2D eigenvalue weighted by Crippen LogP contribution is 2.34. The largest absolute Gasteiger partial charge is 0.394 e. The summed E-state index contributed by atoms with van der Waals surface area (Å²) in [5, 5.41) is 136. The summed E-state index contributed by atoms with van der Waals surface area (Å²) < 4.78 is 39.1. The zero-order valence-corrected chi connectivity index (χ0v) is 26.2. The summed E-state index contributed by atoms with van der Waals surface area (Å²) >= 11 is 0. The van der Waals surface area contributed by atoms with E-state index in [0.717, 1.165) is 6.92 Å². The van der Waals surface area contributed by atoms with Crippen LogP contribution in [0.4, 0.5) is 0 Å². The Bertz CT molecular complexity index is 1040. The van der Waals surface area contributed by atoms with Crippen LogP contribution in [0, 0.1) is 0 Å². The average Bonchev–Trinajstić information content (AvgIpc) is 3.08. The predicted molar refractivity (Wildman–Crippen MR) is 150 cm³/mol. The van der Waals surface area contributed by atoms with Gasteiger partial charge in [-0.25, -0.2) is 0 Å². The number of ether oxygens (including phenoxy) is 7. The lowest BCUT2D eigenvalue weighted by Gasteiger charge is -2.50. The Morgan fingerprint density at radius 2 is 0.878 bits per heavy atom. The van der Waals surface area contributed by atoms with Crippen molar-refractivity contribution in [3.63, 3.8) is 0 Å². The molecule has 4 heterocycles. The zero-order chi connectivity index (χ0) is 36.3. The number of carbonyl (C=O) groups excluding carboxylic acids is 1. The number of rotatable bonds is 12. The molecule has 286 valence electrons. The van der Waals surface area contributed by atoms with Crippen LogP contribution >= 0.6 is 0 Å². The molecule has 1 amide bonds. The van der Waals surface area contributed by atoms with Crippen molar-refractivity contribution >= 4 is 5.91 Å². The molecular weight excluding hydrogens is 674 g/mol. The molecule has 0 aromatic rings. The van der Waals surface area contributed by atoms with Crippen molar-refractivity contribution < 1.29 is 104 Å². The van der Waals surface area contributed by atoms with E-state index in [1.165, 1.54) is 0 Å². The molecule has 0 aromatic carbocycles. The van der Waals surface area contributed by atoms with E-state index in [-0.39, 0.29) is 0 Å². The zero-order valence-electron chi connectivity index (χ0n) is 26.2. The molecular formula is C27H47NO21. The summed E-state index contributed by atoms with van der Waals surface area (Å²) in [6.07, 6.45) is -32.3. The van der Waals surface area contributed by atoms with Crippen LogP contribution in [0.3, 0.4) is 0 Å². The van der Waals surface area contributed by atoms with Gasteiger partial charge in [0.05, 0.1) is 33.0 Å². The number of nitrogens with one attached hydrogen (secondary N) is 1. The smallest absolute Gasteiger partial charge is 0.217 e. The summed E-state index contributed by atoms with van der Waals surface area (Å²) in [4.78, 5) is 12.2. The van der Waals surface area contributed by atoms with Gasteiger partial charge >= 0.3 is 0 Å². The van der Waals surface area contributed by atoms with Gasteiger partial charge in [0.15, 0.2) is 18.9 Å². The number of aliphatic hydroxyl groups excluding tert-OH is 13. The fourth-order valence-electron chi connectivity index (χ4n) is 6.19. The molecule has 49 heavy (non-hydrogen) atoms. The van der Waals surface area contributed by atoms with E-state index in [0.29, 0.717) is 0 Å². The maximum absolute atomic E-state index is 12.2. The quantitative estimate of drug-likeness (QED) is 0.0889. The molecule has 14 N–H and O–H groups in total. The van der Waals surface area contributed by atoms with E-state index in [9.17, 15) is 71.2 Å². The summed E-state index contributed by atoms with van der Waals surface area (Å²) in [6.45, 7) is -3.02. The van der Waals surface area contributed by atoms with Crippen molar-refractivity contribution in [2.24, 2.45) is 0 Å². The molecule has 0 saturated carbocycles. The Kier molecular flexibility index (Phi) is 14.4. The van der Waals surface area contributed by atoms with Crippen molar-refractivity contribution in [1.82, 2.24) is 5.32 Å². The van der Waals surface area contributed by atoms with Crippen LogP contribution in [0.25, 0.3) is 0 Å². The van der Waals surface area contributed by atoms with Crippen LogP contribution in [-0.2, 0) is 38.0 Å². The first-order valence-electron chi connectivity index (χ1n) is 15.6. The van der Waals surface area contributed by atoms with Crippen molar-refractivity contribution in [3.8, 4) is 0 Å². The third kappa shape index (κ3) is 8.50. The first-order chi connectivity index (χ1) is 23.2. The molecule has 4 aliphatic rings. The number of hydrogen-bond donors (Lipinski definition) is 14. The SMILES string of the molecule is CC(=O)NC1C(O)[C@H](O[C@@H]2OC(CO)[C@H](O)C(O)[C@@H]2O)C(CO)O[C@H]1OC1[C@@H](O)C(CO)O[C@@H](O[C@@H]2C(CO)OC(CO)[C@@H](O)C2O)[C@H]1O. The molecule has 0 radical (unpaired) electrons. The highest BCUT2D eigenvalue weighted by molar-refractivity contribution is 5.73. The van der Waals surface area contributed by atoms with Crippen LogP contribution in [0.5, 0.6) is 0 Å². The highest BCUT2D eigenvalue weighted by atomic mass is 16.8. The fraction of sp³-hybridized carbons (Fsp3) is 0.963. The minimum Gasteiger partial charge on any atom is -0.394 e. The topological polar surface area (TPSA) is 357 Å². The maximum atomic E-state index is 12.2. The molecule has 4 saturated heterocycles. The Labute approximate surface area is 278 Å². The molecule has 4 fully saturated rings. The van der Waals surface area contributed by atoms with E-state index in [4.69, 9.17) is 33.2 Å². The molecule has 0 bridgehead atoms. The fourth-order valence-corrected chi connectivity index (χ4v) is 6.19. The molecule has 4 aliphatic heterocycles. The van der Waals surface area contributed by atoms with Crippen LogP contribution < -0.4 is 5.32 Å². The van der Waals surface area contributed by atoms with E-state index >= 15 is 0 Å². The summed E-state index contributed by atoms with van der Waals surface area (Å²) in [6, 6.07) is -1.61. The molecule has 10 unspecified atom stereocenters. The van der Waals surface area contributed by atoms with Crippen LogP contribution in [0.1, 0.15) is 6.92 Å². The Morgan fingerprint density at radius 1 is 0.469 bits per heavy atom. The number of amides is 1. The first-order valence-corrected chi connectivity index (χ1v) is 15.6. The standard InChI is InChI=1S/C27H47NO21/c1-7(34)28-13-17(38)22(47-26-20(41)18(39)14(35)9(3-30)44-26)12(6-33)46-25(13)49-24-16(37)10(4-31)45-27(21(24)42)48-23-11(5-32)43-8(2-29)15(36)19(23)40/h8-27,29-33,35-42H,2-6H2,1H3,(H,28,34)/t8?,9?,10?,11?,12?,13?,14-,15+,16-,17?,18?,19?,20-,21-,22+,23+,24?,25-,26-,27-/m0/s1. The normalized spacial score (nSPS) is 49.4. The molecule has 22 heteroatoms. The van der Waals surface area contributed by atoms with Gasteiger partial charge in [-0.15, -0.1) is 0 Å². The van der Waals surface area contributed by atoms with Crippen molar-refractivity contribution in [2.75, 3.05) is 33.0 Å². The predicted octanol–water partition coefficient (Wildman–Crippen LogP) is -9.56. The minimum atomic E-state index is -2.01. The Morgan fingerprint density at radius 3 is 1.41 bits per heavy atom. The Balaban J connectivity index is 1.56. The summed E-state index contributed by atoms with van der Waals surface area (Å²) in [5.74, 6) is -0.751. The molecule has 4 rings (SSSR count). The monoisotopic (exact) mass is 721 g/mol. The van der Waals surface area contributed by atoms with Crippen molar-refractivity contribution in [3.05, 3.63) is 0 Å². The highest BCUT2D eigenvalue weighted by Gasteiger charge is 2.55. The minimum absolute atomic E-state index is 0.718. The maximum Gasteiger partial charge on any atom is 0.217 e. The van der Waals surface area contributed by atoms with Crippen LogP contribution in [-0.4, -0.2) is 228 Å². The van der Waals surface area contributed by atoms with E-state index < -0.39 is 162 Å². The van der Waals surface area contributed by atoms with Gasteiger partial charge in [0, 0.05) is 6.92 Å². The van der Waals surface area contributed by atoms with Gasteiger partial charge < -0.3 is 105 Å². The van der Waals surface area contributed by atoms with Gasteiger partial charge in [0.25, 0.3) is 0 Å². The van der Waals surface area contributed by atoms with Crippen molar-refractivity contribution in [1.29, 1.82) is 0 Å². The van der Waals surface area contributed by atoms with Crippen molar-refractivity contribution in [2.45, 2.75) is 129 Å². The lowest BCUT2D eigenvalue weighted by Crippen LogP contribution is -2.69. The summed E-state index contributed by atoms with van der Waals surface area (Å²) in [5.41, 5.74) is 0. The molecule has 0 aromatic heterocycles. The van der Waals surface area contributed by atoms with Gasteiger partial charge in [0.2, 0.25) is 5.91 Å². The lowest BCUT2D eigenvalue weighted by atomic mass is 9.94. The third-order valence-electron chi connectivity index (χ3n) is 8.91. The number of hydrogen-bond acceptors (Lipinski definition) is 21. The first kappa shape index (κ1) is 40.4. The lowest BCUT2D eigenvalue weighted by molar-refractivity contribution is -0.376. The molecule has 0 aliphatic carbocycles. The van der Waals surface area contributed by atoms with Crippen LogP contribution in [0.2, 0.25) is 0 Å². The van der Waals surface area contributed by atoms with E-state index in [1.54, 1.807) is 0 Å². The molecule has 22 nitrogen and oxygen atoms in total. The van der Waals surface area contributed by atoms with E-state index in [2.05, 4.69) is 5.32 Å². The summed E-state index contributed by atoms with van der Waals surface area (Å²) in [7, 11) is 0.